The molecule has 0 aromatic rings. The van der Waals surface area contributed by atoms with Gasteiger partial charge in [0.05, 0.1) is 6.26 Å². The molecule has 7 nitrogen and oxygen atoms in total. The van der Waals surface area contributed by atoms with Gasteiger partial charge in [0.1, 0.15) is 0 Å². The minimum absolute atomic E-state index is 0.304. The molecule has 1 amide bonds. The van der Waals surface area contributed by atoms with Crippen molar-refractivity contribution in [1.82, 2.24) is 10.0 Å². The summed E-state index contributed by atoms with van der Waals surface area (Å²) in [6.45, 7) is 6.03. The van der Waals surface area contributed by atoms with E-state index >= 15 is 0 Å². The summed E-state index contributed by atoms with van der Waals surface area (Å²) in [5.41, 5.74) is 5.71. The van der Waals surface area contributed by atoms with Crippen LogP contribution in [0.25, 0.3) is 0 Å². The van der Waals surface area contributed by atoms with Crippen LogP contribution in [0.3, 0.4) is 0 Å². The van der Waals surface area contributed by atoms with Crippen LogP contribution in [-0.2, 0) is 10.0 Å². The number of carbonyl (C=O) groups is 1. The number of sulfonamides is 1. The highest BCUT2D eigenvalue weighted by molar-refractivity contribution is 7.88. The van der Waals surface area contributed by atoms with Gasteiger partial charge in [-0.3, -0.25) is 0 Å². The lowest BCUT2D eigenvalue weighted by atomic mass is 9.82. The molecule has 5 N–H and O–H groups in total. The molecule has 0 saturated heterocycles. The van der Waals surface area contributed by atoms with E-state index in [1.165, 1.54) is 0 Å². The van der Waals surface area contributed by atoms with Gasteiger partial charge in [-0.25, -0.2) is 17.9 Å². The van der Waals surface area contributed by atoms with Crippen LogP contribution in [0.1, 0.15) is 33.6 Å². The summed E-state index contributed by atoms with van der Waals surface area (Å²) >= 11 is 0. The number of hydrogen-bond donors (Lipinski definition) is 4. The summed E-state index contributed by atoms with van der Waals surface area (Å²) in [4.78, 5) is 10.3. The van der Waals surface area contributed by atoms with Crippen molar-refractivity contribution in [2.45, 2.75) is 45.7 Å². The average Bonchev–Trinajstić information content (AvgIpc) is 2.17. The van der Waals surface area contributed by atoms with Crippen LogP contribution >= 0.6 is 0 Å². The average molecular weight is 295 g/mol. The Balaban J connectivity index is 4.48. The van der Waals surface area contributed by atoms with E-state index in [2.05, 4.69) is 10.0 Å². The summed E-state index contributed by atoms with van der Waals surface area (Å²) in [5.74, 6) is 0. The van der Waals surface area contributed by atoms with Crippen molar-refractivity contribution >= 4 is 16.1 Å². The first-order valence-electron chi connectivity index (χ1n) is 6.13. The highest BCUT2D eigenvalue weighted by atomic mass is 32.2. The van der Waals surface area contributed by atoms with Gasteiger partial charge in [-0.2, -0.15) is 0 Å². The molecule has 114 valence electrons. The number of nitrogens with one attached hydrogen (secondary N) is 2. The van der Waals surface area contributed by atoms with E-state index in [1.807, 2.05) is 20.8 Å². The van der Waals surface area contributed by atoms with Gasteiger partial charge in [0.25, 0.3) is 0 Å². The fourth-order valence-electron chi connectivity index (χ4n) is 1.84. The fourth-order valence-corrected chi connectivity index (χ4v) is 2.83. The topological polar surface area (TPSA) is 122 Å². The zero-order chi connectivity index (χ0) is 15.3. The molecule has 0 aliphatic heterocycles. The third-order valence-electron chi connectivity index (χ3n) is 2.69. The monoisotopic (exact) mass is 295 g/mol. The van der Waals surface area contributed by atoms with E-state index in [9.17, 15) is 13.2 Å². The normalized spacial score (nSPS) is 15.8. The lowest BCUT2D eigenvalue weighted by molar-refractivity contribution is 0.193. The van der Waals surface area contributed by atoms with E-state index in [1.54, 1.807) is 0 Å². The van der Waals surface area contributed by atoms with Gasteiger partial charge in [0.15, 0.2) is 0 Å². The summed E-state index contributed by atoms with van der Waals surface area (Å²) in [5, 5.41) is 10.7. The van der Waals surface area contributed by atoms with Gasteiger partial charge >= 0.3 is 6.09 Å². The van der Waals surface area contributed by atoms with Crippen LogP contribution in [0, 0.1) is 5.41 Å². The van der Waals surface area contributed by atoms with Crippen molar-refractivity contribution in [3.63, 3.8) is 0 Å². The van der Waals surface area contributed by atoms with Crippen LogP contribution in [0.4, 0.5) is 4.79 Å². The van der Waals surface area contributed by atoms with Crippen LogP contribution in [0.5, 0.6) is 0 Å². The molecule has 0 heterocycles. The molecule has 0 aromatic heterocycles. The van der Waals surface area contributed by atoms with Crippen molar-refractivity contribution in [2.75, 3.05) is 12.8 Å². The first-order valence-corrected chi connectivity index (χ1v) is 8.02. The van der Waals surface area contributed by atoms with Crippen LogP contribution in [-0.4, -0.2) is 44.5 Å². The predicted molar refractivity (Wildman–Crippen MR) is 74.5 cm³/mol. The van der Waals surface area contributed by atoms with Crippen LogP contribution < -0.4 is 15.8 Å². The van der Waals surface area contributed by atoms with Gasteiger partial charge in [0.2, 0.25) is 10.0 Å². The number of rotatable bonds is 7. The predicted octanol–water partition coefficient (Wildman–Crippen LogP) is 0.325. The number of hydrogen-bond acceptors (Lipinski definition) is 4. The maximum absolute atomic E-state index is 11.4. The van der Waals surface area contributed by atoms with E-state index in [-0.39, 0.29) is 11.5 Å². The summed E-state index contributed by atoms with van der Waals surface area (Å²) < 4.78 is 25.3. The van der Waals surface area contributed by atoms with Crippen molar-refractivity contribution in [1.29, 1.82) is 0 Å². The second-order valence-corrected chi connectivity index (χ2v) is 7.55. The van der Waals surface area contributed by atoms with Crippen molar-refractivity contribution in [3.8, 4) is 0 Å². The Labute approximate surface area is 115 Å². The SMILES string of the molecule is CC(C)(C)C(NS(C)(=O)=O)[C@@H](N)CCCNC(=O)O. The molecule has 8 heteroatoms. The van der Waals surface area contributed by atoms with Crippen LogP contribution in [0.15, 0.2) is 0 Å². The number of nitrogens with two attached hydrogens (primary N) is 1. The Morgan fingerprint density at radius 1 is 1.37 bits per heavy atom. The summed E-state index contributed by atoms with van der Waals surface area (Å²) in [6, 6.07) is -0.766. The molecule has 0 bridgehead atoms. The first kappa shape index (κ1) is 18.1. The van der Waals surface area contributed by atoms with E-state index in [0.29, 0.717) is 19.4 Å². The van der Waals surface area contributed by atoms with Gasteiger partial charge in [-0.15, -0.1) is 0 Å². The zero-order valence-corrected chi connectivity index (χ0v) is 12.8. The molecule has 0 rings (SSSR count). The molecule has 0 saturated carbocycles. The smallest absolute Gasteiger partial charge is 0.404 e. The van der Waals surface area contributed by atoms with Gasteiger partial charge in [-0.05, 0) is 18.3 Å². The highest BCUT2D eigenvalue weighted by Gasteiger charge is 2.32. The van der Waals surface area contributed by atoms with Gasteiger partial charge in [0, 0.05) is 18.6 Å². The summed E-state index contributed by atoms with van der Waals surface area (Å²) in [7, 11) is -3.34. The van der Waals surface area contributed by atoms with Crippen LogP contribution in [0.2, 0.25) is 0 Å². The van der Waals surface area contributed by atoms with E-state index in [4.69, 9.17) is 10.8 Å². The lowest BCUT2D eigenvalue weighted by Crippen LogP contribution is -2.54. The molecule has 0 fully saturated rings. The Morgan fingerprint density at radius 2 is 1.89 bits per heavy atom. The molecule has 0 aliphatic carbocycles. The number of amides is 1. The lowest BCUT2D eigenvalue weighted by Gasteiger charge is -2.35. The van der Waals surface area contributed by atoms with E-state index in [0.717, 1.165) is 6.26 Å². The molecule has 1 unspecified atom stereocenters. The molecule has 0 aliphatic rings. The Morgan fingerprint density at radius 3 is 2.26 bits per heavy atom. The Bertz CT molecular complexity index is 389. The zero-order valence-electron chi connectivity index (χ0n) is 11.9. The van der Waals surface area contributed by atoms with Crippen molar-refractivity contribution < 1.29 is 18.3 Å². The maximum Gasteiger partial charge on any atom is 0.404 e. The Kier molecular flexibility index (Phi) is 6.74. The molecule has 2 atom stereocenters. The van der Waals surface area contributed by atoms with E-state index < -0.39 is 22.2 Å². The van der Waals surface area contributed by atoms with Gasteiger partial charge in [-0.1, -0.05) is 20.8 Å². The third kappa shape index (κ3) is 8.79. The quantitative estimate of drug-likeness (QED) is 0.504. The molecular formula is C11H25N3O4S. The molecular weight excluding hydrogens is 270 g/mol. The fraction of sp³-hybridized carbons (Fsp3) is 0.909. The standard InChI is InChI=1S/C11H25N3O4S/c1-11(2,3)9(14-19(4,17)18)8(12)6-5-7-13-10(15)16/h8-9,13-14H,5-7,12H2,1-4H3,(H,15,16)/t8-,9?/m0/s1. The summed E-state index contributed by atoms with van der Waals surface area (Å²) in [6.07, 6.45) is 1.12. The molecule has 0 aromatic carbocycles. The highest BCUT2D eigenvalue weighted by Crippen LogP contribution is 2.23. The second-order valence-electron chi connectivity index (χ2n) is 5.77. The molecule has 0 spiro atoms. The maximum atomic E-state index is 11.4. The first-order chi connectivity index (χ1) is 8.43. The minimum atomic E-state index is -3.34. The largest absolute Gasteiger partial charge is 0.465 e. The minimum Gasteiger partial charge on any atom is -0.465 e. The van der Waals surface area contributed by atoms with Gasteiger partial charge < -0.3 is 16.2 Å². The van der Waals surface area contributed by atoms with Crippen molar-refractivity contribution in [2.24, 2.45) is 11.1 Å². The molecule has 0 radical (unpaired) electrons. The Hall–Kier alpha value is -0.860. The number of carboxylic acid groups (broad SMARTS) is 1. The molecule has 19 heavy (non-hydrogen) atoms. The third-order valence-corrected chi connectivity index (χ3v) is 3.37. The second kappa shape index (κ2) is 7.06. The van der Waals surface area contributed by atoms with Crippen molar-refractivity contribution in [3.05, 3.63) is 0 Å².